The van der Waals surface area contributed by atoms with Crippen LogP contribution in [0.25, 0.3) is 0 Å². The highest BCUT2D eigenvalue weighted by molar-refractivity contribution is 5.78. The largest absolute Gasteiger partial charge is 0.405 e. The van der Waals surface area contributed by atoms with Crippen LogP contribution in [0.2, 0.25) is 0 Å². The van der Waals surface area contributed by atoms with Crippen LogP contribution in [0.15, 0.2) is 0 Å². The molecule has 0 aromatic rings. The van der Waals surface area contributed by atoms with Gasteiger partial charge in [-0.2, -0.15) is 13.2 Å². The zero-order valence-electron chi connectivity index (χ0n) is 13.0. The number of nitrogens with zero attached hydrogens (tertiary/aromatic N) is 1. The number of piperidine rings is 1. The van der Waals surface area contributed by atoms with Crippen LogP contribution in [0, 0.1) is 11.8 Å². The van der Waals surface area contributed by atoms with Gasteiger partial charge in [0.2, 0.25) is 11.8 Å². The van der Waals surface area contributed by atoms with Crippen LogP contribution < -0.4 is 10.6 Å². The standard InChI is InChI=1S/C14H24F3N3O2/c1-10(2)13(22)18-6-11-4-3-5-20(7-11)8-12(21)19-9-14(15,16)17/h10-11H,3-9H2,1-2H3,(H,18,22)(H,19,21). The van der Waals surface area contributed by atoms with Gasteiger partial charge in [-0.1, -0.05) is 13.8 Å². The minimum Gasteiger partial charge on any atom is -0.356 e. The second kappa shape index (κ2) is 8.36. The first kappa shape index (κ1) is 18.7. The van der Waals surface area contributed by atoms with Crippen LogP contribution in [-0.2, 0) is 9.59 Å². The van der Waals surface area contributed by atoms with Gasteiger partial charge in [0.25, 0.3) is 0 Å². The lowest BCUT2D eigenvalue weighted by atomic mass is 9.97. The summed E-state index contributed by atoms with van der Waals surface area (Å²) in [5, 5.41) is 4.73. The molecule has 1 atom stereocenters. The molecule has 5 nitrogen and oxygen atoms in total. The van der Waals surface area contributed by atoms with Crippen molar-refractivity contribution in [2.45, 2.75) is 32.9 Å². The molecule has 1 saturated heterocycles. The fourth-order valence-electron chi connectivity index (χ4n) is 2.37. The Balaban J connectivity index is 2.31. The molecule has 2 amide bonds. The van der Waals surface area contributed by atoms with Crippen molar-refractivity contribution in [1.82, 2.24) is 15.5 Å². The van der Waals surface area contributed by atoms with E-state index in [1.54, 1.807) is 0 Å². The minimum atomic E-state index is -4.39. The number of carbonyl (C=O) groups excluding carboxylic acids is 2. The molecule has 1 aliphatic heterocycles. The molecule has 0 aliphatic carbocycles. The summed E-state index contributed by atoms with van der Waals surface area (Å²) in [4.78, 5) is 24.9. The highest BCUT2D eigenvalue weighted by Crippen LogP contribution is 2.16. The van der Waals surface area contributed by atoms with E-state index in [2.05, 4.69) is 5.32 Å². The predicted molar refractivity (Wildman–Crippen MR) is 76.1 cm³/mol. The number of nitrogens with one attached hydrogen (secondary N) is 2. The number of amides is 2. The van der Waals surface area contributed by atoms with E-state index in [9.17, 15) is 22.8 Å². The molecular weight excluding hydrogens is 299 g/mol. The molecule has 2 N–H and O–H groups in total. The molecule has 0 aromatic heterocycles. The lowest BCUT2D eigenvalue weighted by Crippen LogP contribution is -2.46. The summed E-state index contributed by atoms with van der Waals surface area (Å²) in [5.74, 6) is -0.482. The van der Waals surface area contributed by atoms with Crippen molar-refractivity contribution in [2.24, 2.45) is 11.8 Å². The van der Waals surface area contributed by atoms with Gasteiger partial charge in [-0.3, -0.25) is 14.5 Å². The van der Waals surface area contributed by atoms with Gasteiger partial charge in [-0.15, -0.1) is 0 Å². The van der Waals surface area contributed by atoms with Crippen LogP contribution >= 0.6 is 0 Å². The Bertz CT molecular complexity index is 386. The molecule has 128 valence electrons. The van der Waals surface area contributed by atoms with Crippen LogP contribution in [-0.4, -0.2) is 55.6 Å². The van der Waals surface area contributed by atoms with Gasteiger partial charge in [-0.05, 0) is 25.3 Å². The molecule has 0 aromatic carbocycles. The topological polar surface area (TPSA) is 61.4 Å². The quantitative estimate of drug-likeness (QED) is 0.771. The fourth-order valence-corrected chi connectivity index (χ4v) is 2.37. The summed E-state index contributed by atoms with van der Waals surface area (Å²) in [6, 6.07) is 0. The summed E-state index contributed by atoms with van der Waals surface area (Å²) in [5.41, 5.74) is 0. The van der Waals surface area contributed by atoms with Crippen LogP contribution in [0.5, 0.6) is 0 Å². The number of halogens is 3. The maximum absolute atomic E-state index is 12.0. The highest BCUT2D eigenvalue weighted by Gasteiger charge is 2.28. The SMILES string of the molecule is CC(C)C(=O)NCC1CCCN(CC(=O)NCC(F)(F)F)C1. The average molecular weight is 323 g/mol. The Hall–Kier alpha value is -1.31. The van der Waals surface area contributed by atoms with Gasteiger partial charge in [0.1, 0.15) is 6.54 Å². The van der Waals surface area contributed by atoms with Crippen molar-refractivity contribution < 1.29 is 22.8 Å². The van der Waals surface area contributed by atoms with Gasteiger partial charge < -0.3 is 10.6 Å². The third-order valence-corrected chi connectivity index (χ3v) is 3.55. The Kier molecular flexibility index (Phi) is 7.12. The van der Waals surface area contributed by atoms with Crippen LogP contribution in [0.4, 0.5) is 13.2 Å². The second-order valence-corrected chi connectivity index (χ2v) is 6.04. The van der Waals surface area contributed by atoms with Crippen LogP contribution in [0.3, 0.4) is 0 Å². The first-order chi connectivity index (χ1) is 10.2. The van der Waals surface area contributed by atoms with E-state index in [-0.39, 0.29) is 24.3 Å². The van der Waals surface area contributed by atoms with E-state index < -0.39 is 18.6 Å². The number of rotatable bonds is 6. The zero-order chi connectivity index (χ0) is 16.8. The van der Waals surface area contributed by atoms with E-state index in [1.165, 1.54) is 0 Å². The molecule has 1 unspecified atom stereocenters. The lowest BCUT2D eigenvalue weighted by Gasteiger charge is -2.32. The summed E-state index contributed by atoms with van der Waals surface area (Å²) in [6.45, 7) is 4.13. The first-order valence-corrected chi connectivity index (χ1v) is 7.51. The number of carbonyl (C=O) groups is 2. The van der Waals surface area contributed by atoms with Gasteiger partial charge in [0.05, 0.1) is 6.54 Å². The Morgan fingerprint density at radius 1 is 1.27 bits per heavy atom. The van der Waals surface area contributed by atoms with Crippen molar-refractivity contribution >= 4 is 11.8 Å². The molecule has 0 saturated carbocycles. The maximum atomic E-state index is 12.0. The van der Waals surface area contributed by atoms with E-state index in [1.807, 2.05) is 24.1 Å². The van der Waals surface area contributed by atoms with Crippen LogP contribution in [0.1, 0.15) is 26.7 Å². The molecular formula is C14H24F3N3O2. The number of likely N-dealkylation sites (tertiary alicyclic amines) is 1. The number of alkyl halides is 3. The predicted octanol–water partition coefficient (Wildman–Crippen LogP) is 1.15. The summed E-state index contributed by atoms with van der Waals surface area (Å²) < 4.78 is 36.1. The first-order valence-electron chi connectivity index (χ1n) is 7.51. The van der Waals surface area contributed by atoms with Crippen molar-refractivity contribution in [3.63, 3.8) is 0 Å². The normalized spacial score (nSPS) is 20.0. The molecule has 1 aliphatic rings. The Labute approximate surface area is 128 Å². The Morgan fingerprint density at radius 2 is 1.95 bits per heavy atom. The average Bonchev–Trinajstić information content (AvgIpc) is 2.42. The van der Waals surface area contributed by atoms with Crippen molar-refractivity contribution in [3.8, 4) is 0 Å². The number of hydrogen-bond donors (Lipinski definition) is 2. The number of hydrogen-bond acceptors (Lipinski definition) is 3. The smallest absolute Gasteiger partial charge is 0.356 e. The van der Waals surface area contributed by atoms with Gasteiger partial charge in [-0.25, -0.2) is 0 Å². The highest BCUT2D eigenvalue weighted by atomic mass is 19.4. The molecule has 0 bridgehead atoms. The summed E-state index contributed by atoms with van der Waals surface area (Å²) in [7, 11) is 0. The van der Waals surface area contributed by atoms with E-state index in [0.717, 1.165) is 12.8 Å². The van der Waals surface area contributed by atoms with Crippen molar-refractivity contribution in [1.29, 1.82) is 0 Å². The second-order valence-electron chi connectivity index (χ2n) is 6.04. The molecule has 1 fully saturated rings. The molecule has 1 heterocycles. The third kappa shape index (κ3) is 7.63. The maximum Gasteiger partial charge on any atom is 0.405 e. The fraction of sp³-hybridized carbons (Fsp3) is 0.857. The zero-order valence-corrected chi connectivity index (χ0v) is 13.0. The van der Waals surface area contributed by atoms with Crippen molar-refractivity contribution in [2.75, 3.05) is 32.7 Å². The summed E-state index contributed by atoms with van der Waals surface area (Å²) in [6.07, 6.45) is -2.57. The Morgan fingerprint density at radius 3 is 2.55 bits per heavy atom. The molecule has 0 radical (unpaired) electrons. The van der Waals surface area contributed by atoms with Gasteiger partial charge >= 0.3 is 6.18 Å². The van der Waals surface area contributed by atoms with E-state index in [4.69, 9.17) is 0 Å². The molecule has 1 rings (SSSR count). The van der Waals surface area contributed by atoms with E-state index in [0.29, 0.717) is 19.6 Å². The lowest BCUT2D eigenvalue weighted by molar-refractivity contribution is -0.139. The molecule has 22 heavy (non-hydrogen) atoms. The summed E-state index contributed by atoms with van der Waals surface area (Å²) >= 11 is 0. The van der Waals surface area contributed by atoms with Crippen molar-refractivity contribution in [3.05, 3.63) is 0 Å². The van der Waals surface area contributed by atoms with Gasteiger partial charge in [0, 0.05) is 19.0 Å². The van der Waals surface area contributed by atoms with E-state index >= 15 is 0 Å². The molecule has 0 spiro atoms. The van der Waals surface area contributed by atoms with Gasteiger partial charge in [0.15, 0.2) is 0 Å². The minimum absolute atomic E-state index is 0.0138. The monoisotopic (exact) mass is 323 g/mol. The molecule has 8 heteroatoms. The third-order valence-electron chi connectivity index (χ3n) is 3.55.